The van der Waals surface area contributed by atoms with Crippen LogP contribution in [0, 0.1) is 5.41 Å². The number of hydrogen-bond acceptors (Lipinski definition) is 4. The van der Waals surface area contributed by atoms with Crippen LogP contribution in [0.15, 0.2) is 47.4 Å². The molecule has 1 heterocycles. The van der Waals surface area contributed by atoms with Gasteiger partial charge in [0, 0.05) is 19.4 Å². The third-order valence-electron chi connectivity index (χ3n) is 5.76. The highest BCUT2D eigenvalue weighted by Crippen LogP contribution is 2.42. The maximum atomic E-state index is 13.6. The second kappa shape index (κ2) is 8.98. The number of carbonyl (C=O) groups is 1. The van der Waals surface area contributed by atoms with Crippen molar-refractivity contribution in [3.05, 3.63) is 59.2 Å². The first-order chi connectivity index (χ1) is 14.9. The molecule has 1 atom stereocenters. The summed E-state index contributed by atoms with van der Waals surface area (Å²) in [7, 11) is 3.29. The largest absolute Gasteiger partial charge is 0.496 e. The second-order valence-corrected chi connectivity index (χ2v) is 10.0. The summed E-state index contributed by atoms with van der Waals surface area (Å²) >= 11 is 1.09. The average molecular weight is 469 g/mol. The molecule has 1 aliphatic rings. The number of nitrogens with zero attached hydrogens (tertiary/aromatic N) is 1. The number of alkyl halides is 3. The lowest BCUT2D eigenvalue weighted by atomic mass is 9.71. The van der Waals surface area contributed by atoms with Gasteiger partial charge < -0.3 is 15.0 Å². The standard InChI is InChI=1S/C24H29F3N2O2S.H2/c1-22(2)13-23(15-29(3)14-22,16-9-7-6-8-10-16)28-21(30)20-18(31-4)11-17(24(25,26)27)12-19(20)32-5;/h6-12H,13-15H2,1-5H3,(H,28,30);1H/t23-;/m1./s1. The molecule has 176 valence electrons. The average Bonchev–Trinajstić information content (AvgIpc) is 2.71. The fraction of sp³-hybridized carbons (Fsp3) is 0.458. The van der Waals surface area contributed by atoms with E-state index in [1.807, 2.05) is 37.4 Å². The van der Waals surface area contributed by atoms with Crippen molar-refractivity contribution in [2.75, 3.05) is 33.5 Å². The van der Waals surface area contributed by atoms with E-state index in [2.05, 4.69) is 24.1 Å². The Balaban J connectivity index is 0.00000385. The van der Waals surface area contributed by atoms with Crippen molar-refractivity contribution < 1.29 is 24.1 Å². The molecule has 0 radical (unpaired) electrons. The third kappa shape index (κ3) is 5.07. The molecule has 1 N–H and O–H groups in total. The number of amides is 1. The van der Waals surface area contributed by atoms with E-state index in [1.54, 1.807) is 6.26 Å². The highest BCUT2D eigenvalue weighted by molar-refractivity contribution is 7.98. The quantitative estimate of drug-likeness (QED) is 0.574. The number of ether oxygens (including phenoxy) is 1. The molecule has 0 spiro atoms. The van der Waals surface area contributed by atoms with E-state index in [-0.39, 0.29) is 23.1 Å². The monoisotopic (exact) mass is 468 g/mol. The molecule has 0 saturated carbocycles. The number of carbonyl (C=O) groups excluding carboxylic acids is 1. The normalized spacial score (nSPS) is 21.2. The zero-order valence-corrected chi connectivity index (χ0v) is 19.8. The van der Waals surface area contributed by atoms with Crippen LogP contribution >= 0.6 is 11.8 Å². The molecule has 1 saturated heterocycles. The van der Waals surface area contributed by atoms with Crippen molar-refractivity contribution in [1.29, 1.82) is 0 Å². The molecule has 1 fully saturated rings. The van der Waals surface area contributed by atoms with Gasteiger partial charge in [-0.1, -0.05) is 44.2 Å². The molecule has 8 heteroatoms. The maximum absolute atomic E-state index is 13.6. The third-order valence-corrected chi connectivity index (χ3v) is 6.52. The summed E-state index contributed by atoms with van der Waals surface area (Å²) in [6.07, 6.45) is -2.19. The van der Waals surface area contributed by atoms with Crippen molar-refractivity contribution in [2.45, 2.75) is 36.9 Å². The first kappa shape index (κ1) is 24.5. The highest BCUT2D eigenvalue weighted by atomic mass is 32.2. The van der Waals surface area contributed by atoms with Gasteiger partial charge in [-0.15, -0.1) is 11.8 Å². The maximum Gasteiger partial charge on any atom is 0.416 e. The molecule has 32 heavy (non-hydrogen) atoms. The SMILES string of the molecule is COc1cc(C(F)(F)F)cc(SC)c1C(=O)N[C@@]1(c2ccccc2)CN(C)CC(C)(C)C1.[HH]. The Kier molecular flexibility index (Phi) is 6.86. The molecule has 2 aromatic rings. The lowest BCUT2D eigenvalue weighted by molar-refractivity contribution is -0.137. The molecular weight excluding hydrogens is 437 g/mol. The smallest absolute Gasteiger partial charge is 0.416 e. The summed E-state index contributed by atoms with van der Waals surface area (Å²) in [6, 6.07) is 11.6. The van der Waals surface area contributed by atoms with Crippen LogP contribution in [0.1, 0.15) is 43.2 Å². The molecule has 1 amide bonds. The number of nitrogens with one attached hydrogen (secondary N) is 1. The number of methoxy groups -OCH3 is 1. The van der Waals surface area contributed by atoms with Crippen LogP contribution < -0.4 is 10.1 Å². The van der Waals surface area contributed by atoms with Crippen molar-refractivity contribution in [1.82, 2.24) is 10.2 Å². The molecule has 0 bridgehead atoms. The van der Waals surface area contributed by atoms with Gasteiger partial charge in [0.25, 0.3) is 5.91 Å². The van der Waals surface area contributed by atoms with Crippen LogP contribution in [-0.4, -0.2) is 44.3 Å². The number of halogens is 3. The van der Waals surface area contributed by atoms with Crippen LogP contribution in [0.5, 0.6) is 5.75 Å². The number of likely N-dealkylation sites (N-methyl/N-ethyl adjacent to an activating group) is 1. The zero-order valence-electron chi connectivity index (χ0n) is 19.0. The summed E-state index contributed by atoms with van der Waals surface area (Å²) in [6.45, 7) is 5.76. The van der Waals surface area contributed by atoms with E-state index < -0.39 is 23.2 Å². The van der Waals surface area contributed by atoms with E-state index in [9.17, 15) is 18.0 Å². The lowest BCUT2D eigenvalue weighted by Gasteiger charge is -2.49. The molecule has 1 aliphatic heterocycles. The van der Waals surface area contributed by atoms with Gasteiger partial charge >= 0.3 is 6.18 Å². The van der Waals surface area contributed by atoms with Crippen molar-refractivity contribution in [3.8, 4) is 5.75 Å². The Labute approximate surface area is 193 Å². The number of hydrogen-bond donors (Lipinski definition) is 1. The van der Waals surface area contributed by atoms with E-state index in [0.29, 0.717) is 13.0 Å². The first-order valence-corrected chi connectivity index (χ1v) is 11.5. The predicted octanol–water partition coefficient (Wildman–Crippen LogP) is 5.67. The van der Waals surface area contributed by atoms with Crippen LogP contribution in [0.3, 0.4) is 0 Å². The summed E-state index contributed by atoms with van der Waals surface area (Å²) in [5.41, 5.74) is -0.536. The van der Waals surface area contributed by atoms with Crippen molar-refractivity contribution in [3.63, 3.8) is 0 Å². The number of benzene rings is 2. The van der Waals surface area contributed by atoms with Gasteiger partial charge in [0.1, 0.15) is 5.75 Å². The molecule has 3 rings (SSSR count). The number of likely N-dealkylation sites (tertiary alicyclic amines) is 1. The lowest BCUT2D eigenvalue weighted by Crippen LogP contribution is -2.60. The molecule has 0 aliphatic carbocycles. The minimum atomic E-state index is -4.53. The van der Waals surface area contributed by atoms with Crippen molar-refractivity contribution >= 4 is 17.7 Å². The Bertz CT molecular complexity index is 960. The van der Waals surface area contributed by atoms with Gasteiger partial charge in [-0.05, 0) is 42.8 Å². The molecular formula is C24H31F3N2O2S. The number of piperidine rings is 1. The van der Waals surface area contributed by atoms with Gasteiger partial charge in [-0.25, -0.2) is 0 Å². The summed E-state index contributed by atoms with van der Waals surface area (Å²) in [5, 5.41) is 3.20. The summed E-state index contributed by atoms with van der Waals surface area (Å²) in [4.78, 5) is 16.0. The summed E-state index contributed by atoms with van der Waals surface area (Å²) in [5.74, 6) is -0.539. The molecule has 0 aromatic heterocycles. The van der Waals surface area contributed by atoms with Crippen molar-refractivity contribution in [2.24, 2.45) is 5.41 Å². The van der Waals surface area contributed by atoms with Gasteiger partial charge in [0.05, 0.1) is 23.8 Å². The fourth-order valence-corrected chi connectivity index (χ4v) is 5.50. The molecule has 4 nitrogen and oxygen atoms in total. The van der Waals surface area contributed by atoms with Gasteiger partial charge in [0.2, 0.25) is 0 Å². The Hall–Kier alpha value is -2.19. The van der Waals surface area contributed by atoms with E-state index in [0.717, 1.165) is 36.0 Å². The van der Waals surface area contributed by atoms with Gasteiger partial charge in [0.15, 0.2) is 0 Å². The predicted molar refractivity (Wildman–Crippen MR) is 123 cm³/mol. The number of thioether (sulfide) groups is 1. The first-order valence-electron chi connectivity index (χ1n) is 10.3. The Morgan fingerprint density at radius 2 is 1.84 bits per heavy atom. The Morgan fingerprint density at radius 1 is 1.19 bits per heavy atom. The Morgan fingerprint density at radius 3 is 2.38 bits per heavy atom. The van der Waals surface area contributed by atoms with E-state index in [1.165, 1.54) is 7.11 Å². The zero-order chi connectivity index (χ0) is 23.7. The van der Waals surface area contributed by atoms with E-state index >= 15 is 0 Å². The van der Waals surface area contributed by atoms with Crippen LogP contribution in [0.4, 0.5) is 13.2 Å². The molecule has 0 unspecified atom stereocenters. The summed E-state index contributed by atoms with van der Waals surface area (Å²) < 4.78 is 45.3. The second-order valence-electron chi connectivity index (χ2n) is 9.17. The topological polar surface area (TPSA) is 41.6 Å². The van der Waals surface area contributed by atoms with Gasteiger partial charge in [-0.3, -0.25) is 4.79 Å². The number of rotatable bonds is 5. The van der Waals surface area contributed by atoms with Crippen LogP contribution in [-0.2, 0) is 11.7 Å². The van der Waals surface area contributed by atoms with Crippen LogP contribution in [0.2, 0.25) is 0 Å². The van der Waals surface area contributed by atoms with Gasteiger partial charge in [-0.2, -0.15) is 13.2 Å². The minimum absolute atomic E-state index is 0. The minimum Gasteiger partial charge on any atom is -0.496 e. The molecule has 2 aromatic carbocycles. The van der Waals surface area contributed by atoms with Crippen LogP contribution in [0.25, 0.3) is 0 Å². The highest BCUT2D eigenvalue weighted by Gasteiger charge is 2.45. The van der Waals surface area contributed by atoms with E-state index in [4.69, 9.17) is 4.74 Å². The fourth-order valence-electron chi connectivity index (χ4n) is 4.86.